The lowest BCUT2D eigenvalue weighted by Gasteiger charge is -2.14. The van der Waals surface area contributed by atoms with Crippen molar-refractivity contribution in [3.8, 4) is 17.4 Å². The number of ether oxygens (including phenoxy) is 2. The molecule has 0 aliphatic carbocycles. The zero-order valence-corrected chi connectivity index (χ0v) is 15.8. The molecule has 1 aromatic heterocycles. The zero-order chi connectivity index (χ0) is 19.5. The molecule has 0 aliphatic heterocycles. The lowest BCUT2D eigenvalue weighted by molar-refractivity contribution is 0.417. The molecular formula is C21H17ClN4O2. The zero-order valence-electron chi connectivity index (χ0n) is 15.0. The maximum atomic E-state index is 6.23. The Morgan fingerprint density at radius 2 is 1.79 bits per heavy atom. The highest BCUT2D eigenvalue weighted by atomic mass is 35.5. The van der Waals surface area contributed by atoms with Gasteiger partial charge in [-0.25, -0.2) is 4.98 Å². The number of hydrogen-bond acceptors (Lipinski definition) is 6. The Hall–Kier alpha value is -3.51. The lowest BCUT2D eigenvalue weighted by atomic mass is 10.1. The van der Waals surface area contributed by atoms with Crippen LogP contribution >= 0.6 is 11.6 Å². The largest absolute Gasteiger partial charge is 0.495 e. The highest BCUT2D eigenvalue weighted by Crippen LogP contribution is 2.35. The van der Waals surface area contributed by atoms with E-state index in [4.69, 9.17) is 26.8 Å². The number of rotatable bonds is 5. The van der Waals surface area contributed by atoms with Crippen molar-refractivity contribution in [2.75, 3.05) is 18.2 Å². The normalized spacial score (nSPS) is 10.6. The van der Waals surface area contributed by atoms with Gasteiger partial charge in [-0.1, -0.05) is 41.9 Å². The monoisotopic (exact) mass is 392 g/mol. The van der Waals surface area contributed by atoms with Crippen molar-refractivity contribution in [2.24, 2.45) is 0 Å². The Labute approximate surface area is 166 Å². The van der Waals surface area contributed by atoms with Gasteiger partial charge in [0.05, 0.1) is 12.8 Å². The number of nitrogens with two attached hydrogens (primary N) is 1. The molecule has 7 heteroatoms. The minimum Gasteiger partial charge on any atom is -0.495 e. The second-order valence-electron chi connectivity index (χ2n) is 6.02. The van der Waals surface area contributed by atoms with Gasteiger partial charge in [0.2, 0.25) is 5.88 Å². The third-order valence-corrected chi connectivity index (χ3v) is 4.43. The molecule has 140 valence electrons. The van der Waals surface area contributed by atoms with Crippen molar-refractivity contribution in [3.63, 3.8) is 0 Å². The first-order valence-electron chi connectivity index (χ1n) is 8.52. The van der Waals surface area contributed by atoms with Crippen LogP contribution in [0.1, 0.15) is 0 Å². The first-order valence-corrected chi connectivity index (χ1v) is 8.89. The van der Waals surface area contributed by atoms with Gasteiger partial charge in [0.25, 0.3) is 0 Å². The van der Waals surface area contributed by atoms with E-state index in [0.717, 1.165) is 10.8 Å². The van der Waals surface area contributed by atoms with Crippen LogP contribution in [-0.2, 0) is 0 Å². The summed E-state index contributed by atoms with van der Waals surface area (Å²) in [6.07, 6.45) is 1.38. The summed E-state index contributed by atoms with van der Waals surface area (Å²) in [6.45, 7) is 0. The number of aromatic nitrogens is 2. The van der Waals surface area contributed by atoms with E-state index in [-0.39, 0.29) is 11.6 Å². The molecule has 0 spiro atoms. The average Bonchev–Trinajstić information content (AvgIpc) is 2.71. The first kappa shape index (κ1) is 17.9. The van der Waals surface area contributed by atoms with E-state index in [1.54, 1.807) is 25.3 Å². The summed E-state index contributed by atoms with van der Waals surface area (Å²) < 4.78 is 11.2. The standard InChI is InChI=1S/C21H17ClN4O2/c1-27-18-9-7-15(22)11-17(18)26-20-19(23)21(25-12-24-20)28-16-8-6-13-4-2-3-5-14(13)10-16/h2-12H,23H2,1H3,(H,24,25,26). The van der Waals surface area contributed by atoms with E-state index >= 15 is 0 Å². The highest BCUT2D eigenvalue weighted by Gasteiger charge is 2.13. The summed E-state index contributed by atoms with van der Waals surface area (Å²) in [5, 5.41) is 5.87. The molecule has 0 radical (unpaired) electrons. The van der Waals surface area contributed by atoms with Crippen LogP contribution in [0.15, 0.2) is 67.0 Å². The van der Waals surface area contributed by atoms with Crippen LogP contribution < -0.4 is 20.5 Å². The van der Waals surface area contributed by atoms with Crippen LogP contribution in [0.3, 0.4) is 0 Å². The van der Waals surface area contributed by atoms with E-state index in [0.29, 0.717) is 28.0 Å². The molecular weight excluding hydrogens is 376 g/mol. The second kappa shape index (κ2) is 7.62. The van der Waals surface area contributed by atoms with Gasteiger partial charge in [-0.15, -0.1) is 0 Å². The summed E-state index contributed by atoms with van der Waals surface area (Å²) >= 11 is 6.08. The van der Waals surface area contributed by atoms with Crippen LogP contribution in [0.4, 0.5) is 17.2 Å². The number of anilines is 3. The maximum Gasteiger partial charge on any atom is 0.248 e. The van der Waals surface area contributed by atoms with Crippen molar-refractivity contribution in [1.82, 2.24) is 9.97 Å². The molecule has 4 aromatic rings. The maximum absolute atomic E-state index is 6.23. The molecule has 0 amide bonds. The number of nitrogens with zero attached hydrogens (tertiary/aromatic N) is 2. The SMILES string of the molecule is COc1ccc(Cl)cc1Nc1ncnc(Oc2ccc3ccccc3c2)c1N. The van der Waals surface area contributed by atoms with E-state index in [1.165, 1.54) is 6.33 Å². The predicted molar refractivity (Wildman–Crippen MR) is 112 cm³/mol. The van der Waals surface area contributed by atoms with E-state index in [9.17, 15) is 0 Å². The van der Waals surface area contributed by atoms with Crippen LogP contribution in [0.2, 0.25) is 5.02 Å². The molecule has 4 rings (SSSR count). The fourth-order valence-corrected chi connectivity index (χ4v) is 2.98. The smallest absolute Gasteiger partial charge is 0.248 e. The molecule has 0 bridgehead atoms. The lowest BCUT2D eigenvalue weighted by Crippen LogP contribution is -2.04. The first-order chi connectivity index (χ1) is 13.6. The summed E-state index contributed by atoms with van der Waals surface area (Å²) in [5.41, 5.74) is 7.15. The van der Waals surface area contributed by atoms with E-state index < -0.39 is 0 Å². The number of fused-ring (bicyclic) bond motifs is 1. The van der Waals surface area contributed by atoms with Crippen molar-refractivity contribution in [3.05, 3.63) is 72.0 Å². The number of nitrogens with one attached hydrogen (secondary N) is 1. The molecule has 0 saturated carbocycles. The van der Waals surface area contributed by atoms with Crippen LogP contribution in [0.25, 0.3) is 10.8 Å². The molecule has 3 aromatic carbocycles. The third-order valence-electron chi connectivity index (χ3n) is 4.20. The summed E-state index contributed by atoms with van der Waals surface area (Å²) in [7, 11) is 1.58. The Morgan fingerprint density at radius 1 is 0.964 bits per heavy atom. The molecule has 0 atom stereocenters. The van der Waals surface area contributed by atoms with Gasteiger partial charge < -0.3 is 20.5 Å². The van der Waals surface area contributed by atoms with E-state index in [2.05, 4.69) is 15.3 Å². The molecule has 0 fully saturated rings. The Balaban J connectivity index is 1.64. The number of benzene rings is 3. The molecule has 6 nitrogen and oxygen atoms in total. The van der Waals surface area contributed by atoms with E-state index in [1.807, 2.05) is 42.5 Å². The van der Waals surface area contributed by atoms with Gasteiger partial charge in [0, 0.05) is 5.02 Å². The summed E-state index contributed by atoms with van der Waals surface area (Å²) in [4.78, 5) is 8.37. The van der Waals surface area contributed by atoms with Gasteiger partial charge in [-0.2, -0.15) is 4.98 Å². The van der Waals surface area contributed by atoms with Crippen molar-refractivity contribution < 1.29 is 9.47 Å². The van der Waals surface area contributed by atoms with Crippen LogP contribution in [0, 0.1) is 0 Å². The van der Waals surface area contributed by atoms with Crippen molar-refractivity contribution in [1.29, 1.82) is 0 Å². The van der Waals surface area contributed by atoms with Gasteiger partial charge in [0.1, 0.15) is 23.5 Å². The molecule has 0 aliphatic rings. The third kappa shape index (κ3) is 3.63. The topological polar surface area (TPSA) is 82.3 Å². The number of nitrogen functional groups attached to an aromatic ring is 1. The number of hydrogen-bond donors (Lipinski definition) is 2. The molecule has 0 saturated heterocycles. The highest BCUT2D eigenvalue weighted by molar-refractivity contribution is 6.31. The number of halogens is 1. The minimum atomic E-state index is 0.258. The molecule has 28 heavy (non-hydrogen) atoms. The second-order valence-corrected chi connectivity index (χ2v) is 6.46. The fraction of sp³-hybridized carbons (Fsp3) is 0.0476. The van der Waals surface area contributed by atoms with Crippen LogP contribution in [0.5, 0.6) is 17.4 Å². The van der Waals surface area contributed by atoms with Gasteiger partial charge >= 0.3 is 0 Å². The van der Waals surface area contributed by atoms with Crippen molar-refractivity contribution in [2.45, 2.75) is 0 Å². The predicted octanol–water partition coefficient (Wildman–Crippen LogP) is 5.41. The fourth-order valence-electron chi connectivity index (χ4n) is 2.81. The Kier molecular flexibility index (Phi) is 4.87. The average molecular weight is 393 g/mol. The van der Waals surface area contributed by atoms with Gasteiger partial charge in [-0.05, 0) is 41.1 Å². The summed E-state index contributed by atoms with van der Waals surface area (Å²) in [5.74, 6) is 1.90. The van der Waals surface area contributed by atoms with Gasteiger partial charge in [-0.3, -0.25) is 0 Å². The van der Waals surface area contributed by atoms with Crippen molar-refractivity contribution >= 4 is 39.6 Å². The van der Waals surface area contributed by atoms with Crippen LogP contribution in [-0.4, -0.2) is 17.1 Å². The Morgan fingerprint density at radius 3 is 2.61 bits per heavy atom. The Bertz CT molecular complexity index is 1150. The number of methoxy groups -OCH3 is 1. The quantitative estimate of drug-likeness (QED) is 0.472. The molecule has 3 N–H and O–H groups in total. The van der Waals surface area contributed by atoms with Gasteiger partial charge in [0.15, 0.2) is 5.82 Å². The molecule has 0 unspecified atom stereocenters. The minimum absolute atomic E-state index is 0.258. The summed E-state index contributed by atoms with van der Waals surface area (Å²) in [6, 6.07) is 19.0. The molecule has 1 heterocycles.